The molecule has 1 heterocycles. The molecule has 2 rings (SSSR count). The van der Waals surface area contributed by atoms with E-state index >= 15 is 0 Å². The second-order valence-corrected chi connectivity index (χ2v) is 6.71. The molecule has 1 aliphatic heterocycles. The molecule has 2 fully saturated rings. The molecule has 1 saturated heterocycles. The van der Waals surface area contributed by atoms with Gasteiger partial charge in [0.2, 0.25) is 0 Å². The zero-order chi connectivity index (χ0) is 12.6. The Kier molecular flexibility index (Phi) is 3.81. The maximum Gasteiger partial charge on any atom is 0.0999 e. The molecule has 0 aromatic heterocycles. The number of ether oxygens (including phenoxy) is 2. The van der Waals surface area contributed by atoms with Gasteiger partial charge < -0.3 is 9.47 Å². The van der Waals surface area contributed by atoms with Crippen LogP contribution in [0.2, 0.25) is 0 Å². The second-order valence-electron chi connectivity index (χ2n) is 6.71. The molecule has 2 aliphatic rings. The van der Waals surface area contributed by atoms with Crippen molar-refractivity contribution in [1.29, 1.82) is 0 Å². The fourth-order valence-corrected chi connectivity index (χ4v) is 2.92. The van der Waals surface area contributed by atoms with Crippen LogP contribution in [0.4, 0.5) is 0 Å². The molecule has 1 saturated carbocycles. The average Bonchev–Trinajstić information content (AvgIpc) is 2.59. The van der Waals surface area contributed by atoms with Crippen molar-refractivity contribution >= 4 is 0 Å². The third kappa shape index (κ3) is 3.01. The molecule has 1 aliphatic carbocycles. The molecule has 0 aromatic carbocycles. The quantitative estimate of drug-likeness (QED) is 0.742. The first-order chi connectivity index (χ1) is 7.88. The lowest BCUT2D eigenvalue weighted by atomic mass is 9.98. The number of hydrogen-bond acceptors (Lipinski definition) is 3. The first kappa shape index (κ1) is 13.3. The van der Waals surface area contributed by atoms with Crippen molar-refractivity contribution in [1.82, 2.24) is 4.90 Å². The van der Waals surface area contributed by atoms with E-state index in [-0.39, 0.29) is 5.54 Å². The van der Waals surface area contributed by atoms with Crippen LogP contribution < -0.4 is 0 Å². The molecule has 100 valence electrons. The number of hydrogen-bond donors (Lipinski definition) is 0. The Morgan fingerprint density at radius 1 is 1.24 bits per heavy atom. The summed E-state index contributed by atoms with van der Waals surface area (Å²) in [4.78, 5) is 2.44. The zero-order valence-corrected chi connectivity index (χ0v) is 11.9. The standard InChI is InChI=1S/C14H27NO2/c1-10(2)17-12-7-6-11-8-15(14(3,4)5)9-16-13(11)12/h10-13H,6-9H2,1-5H3. The van der Waals surface area contributed by atoms with Gasteiger partial charge in [0.15, 0.2) is 0 Å². The minimum absolute atomic E-state index is 0.210. The SMILES string of the molecule is CC(C)OC1CCC2CN(C(C)(C)C)COC21. The Hall–Kier alpha value is -0.120. The van der Waals surface area contributed by atoms with Crippen LogP contribution in [0.5, 0.6) is 0 Å². The van der Waals surface area contributed by atoms with Crippen LogP contribution in [0, 0.1) is 5.92 Å². The Morgan fingerprint density at radius 3 is 2.53 bits per heavy atom. The normalized spacial score (nSPS) is 35.3. The summed E-state index contributed by atoms with van der Waals surface area (Å²) in [6.45, 7) is 12.9. The van der Waals surface area contributed by atoms with E-state index < -0.39 is 0 Å². The smallest absolute Gasteiger partial charge is 0.0999 e. The summed E-state index contributed by atoms with van der Waals surface area (Å²) in [6.07, 6.45) is 3.36. The van der Waals surface area contributed by atoms with Crippen molar-refractivity contribution in [2.45, 2.75) is 71.3 Å². The highest BCUT2D eigenvalue weighted by molar-refractivity contribution is 4.93. The zero-order valence-electron chi connectivity index (χ0n) is 11.9. The highest BCUT2D eigenvalue weighted by atomic mass is 16.6. The minimum Gasteiger partial charge on any atom is -0.373 e. The molecule has 0 aromatic rings. The maximum atomic E-state index is 6.06. The summed E-state index contributed by atoms with van der Waals surface area (Å²) in [5.41, 5.74) is 0.210. The molecule has 0 N–H and O–H groups in total. The third-order valence-corrected chi connectivity index (χ3v) is 3.93. The molecular weight excluding hydrogens is 214 g/mol. The molecule has 0 radical (unpaired) electrons. The largest absolute Gasteiger partial charge is 0.373 e. The Labute approximate surface area is 105 Å². The molecule has 3 unspecified atom stereocenters. The Morgan fingerprint density at radius 2 is 1.94 bits per heavy atom. The van der Waals surface area contributed by atoms with E-state index in [0.29, 0.717) is 24.2 Å². The van der Waals surface area contributed by atoms with Gasteiger partial charge in [-0.05, 0) is 47.5 Å². The van der Waals surface area contributed by atoms with E-state index in [1.54, 1.807) is 0 Å². The van der Waals surface area contributed by atoms with Crippen molar-refractivity contribution in [3.05, 3.63) is 0 Å². The van der Waals surface area contributed by atoms with Crippen LogP contribution >= 0.6 is 0 Å². The predicted octanol–water partition coefficient (Wildman–Crippen LogP) is 2.65. The highest BCUT2D eigenvalue weighted by Gasteiger charge is 2.43. The van der Waals surface area contributed by atoms with Gasteiger partial charge in [-0.25, -0.2) is 0 Å². The van der Waals surface area contributed by atoms with Crippen LogP contribution in [0.15, 0.2) is 0 Å². The summed E-state index contributed by atoms with van der Waals surface area (Å²) in [5, 5.41) is 0. The molecule has 0 spiro atoms. The topological polar surface area (TPSA) is 21.7 Å². The fourth-order valence-electron chi connectivity index (χ4n) is 2.92. The Bertz CT molecular complexity index is 259. The van der Waals surface area contributed by atoms with Crippen molar-refractivity contribution < 1.29 is 9.47 Å². The summed E-state index contributed by atoms with van der Waals surface area (Å²) in [5.74, 6) is 0.659. The van der Waals surface area contributed by atoms with Gasteiger partial charge in [-0.3, -0.25) is 4.90 Å². The lowest BCUT2D eigenvalue weighted by molar-refractivity contribution is -0.163. The van der Waals surface area contributed by atoms with Crippen LogP contribution in [0.25, 0.3) is 0 Å². The van der Waals surface area contributed by atoms with Crippen LogP contribution in [0.3, 0.4) is 0 Å². The molecule has 3 atom stereocenters. The van der Waals surface area contributed by atoms with Gasteiger partial charge in [0.1, 0.15) is 0 Å². The predicted molar refractivity (Wildman–Crippen MR) is 68.9 cm³/mol. The van der Waals surface area contributed by atoms with Gasteiger partial charge in [0, 0.05) is 18.0 Å². The average molecular weight is 241 g/mol. The molecule has 0 amide bonds. The lowest BCUT2D eigenvalue weighted by Crippen LogP contribution is -2.53. The molecule has 3 heteroatoms. The number of nitrogens with zero attached hydrogens (tertiary/aromatic N) is 1. The second kappa shape index (κ2) is 4.87. The summed E-state index contributed by atoms with van der Waals surface area (Å²) in [6, 6.07) is 0. The van der Waals surface area contributed by atoms with Gasteiger partial charge in [0.05, 0.1) is 25.0 Å². The van der Waals surface area contributed by atoms with Crippen LogP contribution in [0.1, 0.15) is 47.5 Å². The van der Waals surface area contributed by atoms with Crippen molar-refractivity contribution in [3.8, 4) is 0 Å². The van der Waals surface area contributed by atoms with E-state index in [1.807, 2.05) is 0 Å². The van der Waals surface area contributed by atoms with E-state index in [4.69, 9.17) is 9.47 Å². The van der Waals surface area contributed by atoms with Gasteiger partial charge in [-0.1, -0.05) is 0 Å². The van der Waals surface area contributed by atoms with Crippen molar-refractivity contribution in [2.75, 3.05) is 13.3 Å². The van der Waals surface area contributed by atoms with Gasteiger partial charge >= 0.3 is 0 Å². The fraction of sp³-hybridized carbons (Fsp3) is 1.00. The summed E-state index contributed by atoms with van der Waals surface area (Å²) < 4.78 is 12.0. The summed E-state index contributed by atoms with van der Waals surface area (Å²) in [7, 11) is 0. The van der Waals surface area contributed by atoms with Crippen LogP contribution in [-0.2, 0) is 9.47 Å². The monoisotopic (exact) mass is 241 g/mol. The van der Waals surface area contributed by atoms with Crippen molar-refractivity contribution in [2.24, 2.45) is 5.92 Å². The van der Waals surface area contributed by atoms with Gasteiger partial charge in [-0.15, -0.1) is 0 Å². The van der Waals surface area contributed by atoms with E-state index in [9.17, 15) is 0 Å². The van der Waals surface area contributed by atoms with E-state index in [2.05, 4.69) is 39.5 Å². The summed E-state index contributed by atoms with van der Waals surface area (Å²) >= 11 is 0. The molecular formula is C14H27NO2. The molecule has 0 bridgehead atoms. The van der Waals surface area contributed by atoms with Crippen LogP contribution in [-0.4, -0.2) is 42.0 Å². The first-order valence-electron chi connectivity index (χ1n) is 6.90. The highest BCUT2D eigenvalue weighted by Crippen LogP contribution is 2.36. The Balaban J connectivity index is 1.93. The van der Waals surface area contributed by atoms with Gasteiger partial charge in [-0.2, -0.15) is 0 Å². The maximum absolute atomic E-state index is 6.06. The lowest BCUT2D eigenvalue weighted by Gasteiger charge is -2.43. The third-order valence-electron chi connectivity index (χ3n) is 3.93. The number of fused-ring (bicyclic) bond motifs is 1. The van der Waals surface area contributed by atoms with E-state index in [1.165, 1.54) is 6.42 Å². The van der Waals surface area contributed by atoms with Gasteiger partial charge in [0.25, 0.3) is 0 Å². The number of rotatable bonds is 2. The minimum atomic E-state index is 0.210. The van der Waals surface area contributed by atoms with E-state index in [0.717, 1.165) is 19.7 Å². The molecule has 17 heavy (non-hydrogen) atoms. The first-order valence-corrected chi connectivity index (χ1v) is 6.90. The van der Waals surface area contributed by atoms with Crippen molar-refractivity contribution in [3.63, 3.8) is 0 Å². The molecule has 3 nitrogen and oxygen atoms in total.